The minimum absolute atomic E-state index is 0.146. The zero-order chi connectivity index (χ0) is 28.0. The van der Waals surface area contributed by atoms with E-state index < -0.39 is 99.5 Å². The number of amides is 2. The van der Waals surface area contributed by atoms with Gasteiger partial charge in [-0.3, -0.25) is 28.6 Å². The van der Waals surface area contributed by atoms with Crippen LogP contribution in [0.5, 0.6) is 0 Å². The molecule has 0 spiro atoms. The Hall–Kier alpha value is -2.63. The lowest BCUT2D eigenvalue weighted by atomic mass is 9.83. The molecule has 1 aromatic rings. The van der Waals surface area contributed by atoms with Crippen molar-refractivity contribution in [2.75, 3.05) is 19.8 Å². The second-order valence-electron chi connectivity index (χ2n) is 9.70. The maximum Gasteiger partial charge on any atom is 0.330 e. The molecule has 8 atom stereocenters. The normalized spacial score (nSPS) is 38.1. The fourth-order valence-electron chi connectivity index (χ4n) is 4.75. The van der Waals surface area contributed by atoms with Crippen molar-refractivity contribution in [2.45, 2.75) is 63.1 Å². The molecular weight excluding hydrogens is 537 g/mol. The first-order chi connectivity index (χ1) is 17.7. The van der Waals surface area contributed by atoms with Crippen LogP contribution < -0.4 is 21.9 Å². The van der Waals surface area contributed by atoms with Crippen molar-refractivity contribution in [3.63, 3.8) is 0 Å². The standard InChI is InChI=1S/C20H29N4O13P/c1-20(17(28)29)4-9-5-23(19(31)22-16(9)27)14-2-10(26)13(36-14)7-34-38(32,33)37-11-3-15(35-12(11)6-25)24(8-20)18(21)30/h5,10-15,25-26H,2-4,6-8H2,1H3,(H2,21,30)(H,28,29)(H,32,33)(H,22,27,31)/p-1/t10-,11-,12-,13-,14-,15-,20-/m1/s1/i28+2. The number of urea groups is 1. The fourth-order valence-corrected chi connectivity index (χ4v) is 5.69. The molecule has 1 aromatic heterocycles. The number of nitrogens with zero attached hydrogens (tertiary/aromatic N) is 2. The number of carboxylic acids is 1. The average Bonchev–Trinajstić information content (AvgIpc) is 3.39. The van der Waals surface area contributed by atoms with Gasteiger partial charge in [0, 0.05) is 31.1 Å². The van der Waals surface area contributed by atoms with Crippen molar-refractivity contribution in [1.82, 2.24) is 14.5 Å². The highest BCUT2D eigenvalue weighted by molar-refractivity contribution is 7.45. The number of rotatable bonds is 2. The minimum atomic E-state index is -5.08. The van der Waals surface area contributed by atoms with Crippen LogP contribution in [-0.4, -0.2) is 92.2 Å². The number of carbonyl (C=O) groups excluding carboxylic acids is 1. The summed E-state index contributed by atoms with van der Waals surface area (Å²) in [6.07, 6.45) is -7.39. The summed E-state index contributed by atoms with van der Waals surface area (Å²) < 4.78 is 34.6. The first kappa shape index (κ1) is 28.4. The lowest BCUT2D eigenvalue weighted by Gasteiger charge is -2.34. The number of phosphoric ester groups is 1. The number of hydrogen-bond acceptors (Lipinski definition) is 12. The molecule has 0 saturated carbocycles. The molecular formula is C20H28N4O13P-. The van der Waals surface area contributed by atoms with Crippen LogP contribution in [0.25, 0.3) is 0 Å². The second kappa shape index (κ2) is 10.5. The van der Waals surface area contributed by atoms with Gasteiger partial charge in [-0.15, -0.1) is 0 Å². The maximum atomic E-state index is 12.6. The topological polar surface area (TPSA) is 256 Å². The van der Waals surface area contributed by atoms with Gasteiger partial charge in [0.1, 0.15) is 24.7 Å². The molecule has 4 rings (SSSR count). The summed E-state index contributed by atoms with van der Waals surface area (Å²) in [5, 5.41) is 30.1. The van der Waals surface area contributed by atoms with E-state index in [1.807, 2.05) is 0 Å². The molecule has 2 saturated heterocycles. The van der Waals surface area contributed by atoms with Crippen molar-refractivity contribution < 1.29 is 52.9 Å². The predicted molar refractivity (Wildman–Crippen MR) is 120 cm³/mol. The number of ether oxygens (including phenoxy) is 2. The lowest BCUT2D eigenvalue weighted by Crippen LogP contribution is -2.52. The molecule has 38 heavy (non-hydrogen) atoms. The van der Waals surface area contributed by atoms with E-state index in [-0.39, 0.29) is 18.4 Å². The Balaban J connectivity index is 1.79. The van der Waals surface area contributed by atoms with Gasteiger partial charge in [-0.2, -0.15) is 0 Å². The van der Waals surface area contributed by atoms with E-state index in [1.165, 1.54) is 6.92 Å². The van der Waals surface area contributed by atoms with Gasteiger partial charge in [-0.1, -0.05) is 0 Å². The summed E-state index contributed by atoms with van der Waals surface area (Å²) in [7, 11) is -5.08. The number of aliphatic carboxylic acids is 1. The van der Waals surface area contributed by atoms with Crippen molar-refractivity contribution in [3.05, 3.63) is 32.6 Å². The molecule has 4 heterocycles. The van der Waals surface area contributed by atoms with Gasteiger partial charge in [-0.05, 0) is 13.3 Å². The van der Waals surface area contributed by atoms with Crippen molar-refractivity contribution in [2.24, 2.45) is 11.1 Å². The first-order valence-electron chi connectivity index (χ1n) is 11.6. The molecule has 212 valence electrons. The maximum absolute atomic E-state index is 12.6. The summed E-state index contributed by atoms with van der Waals surface area (Å²) >= 11 is 0. The zero-order valence-electron chi connectivity index (χ0n) is 20.1. The van der Waals surface area contributed by atoms with Crippen LogP contribution in [0, 0.1) is 5.41 Å². The largest absolute Gasteiger partial charge is 0.756 e. The van der Waals surface area contributed by atoms with E-state index in [0.29, 0.717) is 0 Å². The average molecular weight is 565 g/mol. The Labute approximate surface area is 214 Å². The Kier molecular flexibility index (Phi) is 7.84. The molecule has 0 radical (unpaired) electrons. The smallest absolute Gasteiger partial charge is 0.330 e. The van der Waals surface area contributed by atoms with Gasteiger partial charge in [0.05, 0.1) is 30.8 Å². The highest BCUT2D eigenvalue weighted by atomic mass is 31.2. The Morgan fingerprint density at radius 1 is 1.32 bits per heavy atom. The van der Waals surface area contributed by atoms with Crippen molar-refractivity contribution in [1.29, 1.82) is 0 Å². The number of nitrogens with one attached hydrogen (secondary N) is 1. The highest BCUT2D eigenvalue weighted by Crippen LogP contribution is 2.45. The van der Waals surface area contributed by atoms with Crippen molar-refractivity contribution >= 4 is 19.8 Å². The van der Waals surface area contributed by atoms with Gasteiger partial charge in [0.25, 0.3) is 13.4 Å². The van der Waals surface area contributed by atoms with Crippen molar-refractivity contribution in [3.8, 4) is 0 Å². The van der Waals surface area contributed by atoms with Crippen LogP contribution >= 0.6 is 7.82 Å². The molecule has 0 aliphatic carbocycles. The number of primary amides is 1. The van der Waals surface area contributed by atoms with Crippen LogP contribution in [0.4, 0.5) is 4.79 Å². The number of carbonyl (C=O) groups is 2. The third-order valence-electron chi connectivity index (χ3n) is 6.82. The first-order valence-corrected chi connectivity index (χ1v) is 13.1. The zero-order valence-corrected chi connectivity index (χ0v) is 21.0. The molecule has 0 aromatic carbocycles. The number of aromatic amines is 1. The molecule has 6 N–H and O–H groups in total. The van der Waals surface area contributed by atoms with Gasteiger partial charge < -0.3 is 44.5 Å². The van der Waals surface area contributed by atoms with Gasteiger partial charge in [0.2, 0.25) is 0 Å². The van der Waals surface area contributed by atoms with Crippen LogP contribution in [0.3, 0.4) is 0 Å². The molecule has 1 unspecified atom stereocenters. The monoisotopic (exact) mass is 565 g/mol. The molecule has 3 aliphatic heterocycles. The summed E-state index contributed by atoms with van der Waals surface area (Å²) in [6.45, 7) is -0.758. The number of carboxylic acid groups (broad SMARTS) is 1. The lowest BCUT2D eigenvalue weighted by molar-refractivity contribution is -0.234. The number of nitrogens with two attached hydrogens (primary N) is 1. The van der Waals surface area contributed by atoms with Crippen LogP contribution in [-0.2, 0) is 34.3 Å². The molecule has 3 aliphatic rings. The van der Waals surface area contributed by atoms with Gasteiger partial charge in [0.15, 0.2) is 0 Å². The number of hydrogen-bond donors (Lipinski definition) is 5. The second-order valence-corrected chi connectivity index (χ2v) is 11.1. The van der Waals surface area contributed by atoms with E-state index in [4.69, 9.17) is 24.3 Å². The predicted octanol–water partition coefficient (Wildman–Crippen LogP) is -2.81. The molecule has 2 fully saturated rings. The number of phosphoric acid groups is 1. The van der Waals surface area contributed by atoms with Crippen LogP contribution in [0.15, 0.2) is 15.8 Å². The molecule has 6 bridgehead atoms. The number of aliphatic hydroxyl groups is 2. The van der Waals surface area contributed by atoms with Gasteiger partial charge in [-0.25, -0.2) is 9.59 Å². The molecule has 17 nitrogen and oxygen atoms in total. The Bertz CT molecular complexity index is 1250. The quantitative estimate of drug-likeness (QED) is 0.179. The fraction of sp³-hybridized carbons (Fsp3) is 0.700. The third-order valence-corrected chi connectivity index (χ3v) is 7.82. The van der Waals surface area contributed by atoms with Crippen LogP contribution in [0.1, 0.15) is 31.6 Å². The van der Waals surface area contributed by atoms with E-state index in [9.17, 15) is 44.0 Å². The van der Waals surface area contributed by atoms with Crippen LogP contribution in [0.2, 0.25) is 0 Å². The van der Waals surface area contributed by atoms with E-state index >= 15 is 0 Å². The highest BCUT2D eigenvalue weighted by Gasteiger charge is 2.46. The summed E-state index contributed by atoms with van der Waals surface area (Å²) in [5.41, 5.74) is 1.71. The number of aliphatic hydroxyl groups excluding tert-OH is 2. The summed E-state index contributed by atoms with van der Waals surface area (Å²) in [6, 6.07) is -1.11. The minimum Gasteiger partial charge on any atom is -0.756 e. The number of H-pyrrole nitrogens is 1. The molecule has 2 amide bonds. The summed E-state index contributed by atoms with van der Waals surface area (Å²) in [5.74, 6) is -1.42. The molecule has 18 heteroatoms. The third kappa shape index (κ3) is 5.69. The number of aromatic nitrogens is 2. The van der Waals surface area contributed by atoms with E-state index in [2.05, 4.69) is 4.98 Å². The summed E-state index contributed by atoms with van der Waals surface area (Å²) in [4.78, 5) is 65.3. The van der Waals surface area contributed by atoms with Gasteiger partial charge >= 0.3 is 17.7 Å². The Morgan fingerprint density at radius 2 is 2.03 bits per heavy atom. The Morgan fingerprint density at radius 3 is 2.66 bits per heavy atom. The number of fused-ring (bicyclic) bond motifs is 7. The van der Waals surface area contributed by atoms with E-state index in [1.54, 1.807) is 0 Å². The van der Waals surface area contributed by atoms with E-state index in [0.717, 1.165) is 15.7 Å². The SMILES string of the molecule is C[C@@]1(C(O)=[18O])Cc2cn(c(=O)[nH]c2=O)[C@H]2C[C@@H](O)[C@@H](COP(=O)([O-])O[C@@H]3C[C@@H](O[C@@H]3CO)N(C(N)=O)C1)O2.